The molecule has 6 heteroatoms. The zero-order valence-electron chi connectivity index (χ0n) is 16.5. The maximum atomic E-state index is 13.7. The van der Waals surface area contributed by atoms with Crippen molar-refractivity contribution < 1.29 is 9.13 Å². The lowest BCUT2D eigenvalue weighted by Crippen LogP contribution is -2.50. The summed E-state index contributed by atoms with van der Waals surface area (Å²) < 4.78 is 19.5. The first-order chi connectivity index (χ1) is 12.5. The molecule has 1 aliphatic rings. The molecule has 0 aromatic heterocycles. The molecule has 1 aromatic carbocycles. The Bertz CT molecular complexity index is 591. The zero-order chi connectivity index (χ0) is 18.9. The lowest BCUT2D eigenvalue weighted by Gasteiger charge is -2.34. The molecule has 1 heterocycles. The predicted molar refractivity (Wildman–Crippen MR) is 105 cm³/mol. The van der Waals surface area contributed by atoms with E-state index in [-0.39, 0.29) is 11.9 Å². The second-order valence-electron chi connectivity index (χ2n) is 7.31. The van der Waals surface area contributed by atoms with Gasteiger partial charge in [0.15, 0.2) is 5.96 Å². The Morgan fingerprint density at radius 3 is 2.88 bits per heavy atom. The fourth-order valence-corrected chi connectivity index (χ4v) is 3.04. The molecule has 1 aromatic rings. The Balaban J connectivity index is 1.87. The zero-order valence-corrected chi connectivity index (χ0v) is 16.5. The Hall–Kier alpha value is -1.66. The maximum absolute atomic E-state index is 13.7. The number of nitrogens with zero attached hydrogens (tertiary/aromatic N) is 2. The van der Waals surface area contributed by atoms with Gasteiger partial charge in [-0.15, -0.1) is 0 Å². The molecular formula is C20H33FN4O. The predicted octanol–water partition coefficient (Wildman–Crippen LogP) is 2.55. The van der Waals surface area contributed by atoms with Crippen LogP contribution < -0.4 is 10.6 Å². The van der Waals surface area contributed by atoms with Gasteiger partial charge in [-0.2, -0.15) is 0 Å². The van der Waals surface area contributed by atoms with Crippen molar-refractivity contribution in [3.8, 4) is 0 Å². The van der Waals surface area contributed by atoms with Crippen LogP contribution in [0.5, 0.6) is 0 Å². The Kier molecular flexibility index (Phi) is 8.32. The number of guanidine groups is 1. The van der Waals surface area contributed by atoms with Crippen LogP contribution in [0.1, 0.15) is 31.9 Å². The normalized spacial score (nSPS) is 19.0. The average Bonchev–Trinajstić information content (AvgIpc) is 2.60. The minimum absolute atomic E-state index is 0.156. The fourth-order valence-electron chi connectivity index (χ4n) is 3.04. The molecule has 1 unspecified atom stereocenters. The van der Waals surface area contributed by atoms with Gasteiger partial charge in [-0.25, -0.2) is 9.38 Å². The largest absolute Gasteiger partial charge is 0.374 e. The Labute approximate surface area is 157 Å². The molecule has 0 saturated carbocycles. The summed E-state index contributed by atoms with van der Waals surface area (Å²) >= 11 is 0. The van der Waals surface area contributed by atoms with Crippen LogP contribution in [0.2, 0.25) is 0 Å². The van der Waals surface area contributed by atoms with E-state index in [0.717, 1.165) is 44.3 Å². The van der Waals surface area contributed by atoms with Gasteiger partial charge in [-0.05, 0) is 37.0 Å². The van der Waals surface area contributed by atoms with Crippen LogP contribution in [0.15, 0.2) is 23.2 Å². The molecule has 5 nitrogen and oxygen atoms in total. The van der Waals surface area contributed by atoms with E-state index in [1.807, 2.05) is 13.0 Å². The molecule has 0 aliphatic carbocycles. The first-order valence-electron chi connectivity index (χ1n) is 9.59. The van der Waals surface area contributed by atoms with E-state index in [4.69, 9.17) is 4.74 Å². The van der Waals surface area contributed by atoms with E-state index in [9.17, 15) is 4.39 Å². The highest BCUT2D eigenvalue weighted by Crippen LogP contribution is 2.10. The van der Waals surface area contributed by atoms with Crippen molar-refractivity contribution in [3.63, 3.8) is 0 Å². The third-order valence-corrected chi connectivity index (χ3v) is 4.34. The van der Waals surface area contributed by atoms with Crippen molar-refractivity contribution in [1.29, 1.82) is 0 Å². The van der Waals surface area contributed by atoms with Gasteiger partial charge >= 0.3 is 0 Å². The van der Waals surface area contributed by atoms with E-state index < -0.39 is 0 Å². The van der Waals surface area contributed by atoms with E-state index in [2.05, 4.69) is 34.4 Å². The molecule has 0 spiro atoms. The van der Waals surface area contributed by atoms with E-state index in [1.54, 1.807) is 19.1 Å². The minimum Gasteiger partial charge on any atom is -0.374 e. The van der Waals surface area contributed by atoms with Crippen LogP contribution in [0, 0.1) is 18.7 Å². The first-order valence-corrected chi connectivity index (χ1v) is 9.59. The molecule has 1 atom stereocenters. The second kappa shape index (κ2) is 10.5. The van der Waals surface area contributed by atoms with Crippen molar-refractivity contribution in [1.82, 2.24) is 15.5 Å². The van der Waals surface area contributed by atoms with Crippen molar-refractivity contribution in [2.45, 2.75) is 40.3 Å². The second-order valence-corrected chi connectivity index (χ2v) is 7.31. The molecule has 1 aliphatic heterocycles. The van der Waals surface area contributed by atoms with Crippen molar-refractivity contribution in [2.75, 3.05) is 39.3 Å². The summed E-state index contributed by atoms with van der Waals surface area (Å²) in [4.78, 5) is 7.02. The highest BCUT2D eigenvalue weighted by atomic mass is 19.1. The smallest absolute Gasteiger partial charge is 0.191 e. The van der Waals surface area contributed by atoms with Crippen LogP contribution in [0.25, 0.3) is 0 Å². The number of halogens is 1. The summed E-state index contributed by atoms with van der Waals surface area (Å²) in [6.07, 6.45) is 0.156. The lowest BCUT2D eigenvalue weighted by atomic mass is 10.1. The molecule has 1 saturated heterocycles. The maximum Gasteiger partial charge on any atom is 0.191 e. The number of aryl methyl sites for hydroxylation is 1. The number of hydrogen-bond acceptors (Lipinski definition) is 3. The molecule has 146 valence electrons. The number of aliphatic imine (C=N–C) groups is 1. The Morgan fingerprint density at radius 2 is 2.19 bits per heavy atom. The van der Waals surface area contributed by atoms with Crippen LogP contribution in [-0.4, -0.2) is 56.3 Å². The summed E-state index contributed by atoms with van der Waals surface area (Å²) in [6, 6.07) is 5.26. The van der Waals surface area contributed by atoms with E-state index in [1.165, 1.54) is 0 Å². The van der Waals surface area contributed by atoms with Crippen molar-refractivity contribution in [3.05, 3.63) is 35.1 Å². The molecule has 2 N–H and O–H groups in total. The van der Waals surface area contributed by atoms with Crippen LogP contribution >= 0.6 is 0 Å². The standard InChI is InChI=1S/C20H33FN4O/c1-5-22-20(23-11-17-7-6-16(4)19(21)10-17)24-12-18-14-25(8-9-26-18)13-15(2)3/h6-7,10,15,18H,5,8-9,11-14H2,1-4H3,(H2,22,23,24). The van der Waals surface area contributed by atoms with E-state index >= 15 is 0 Å². The molecule has 0 amide bonds. The van der Waals surface area contributed by atoms with Crippen molar-refractivity contribution >= 4 is 5.96 Å². The number of nitrogens with one attached hydrogen (secondary N) is 2. The monoisotopic (exact) mass is 364 g/mol. The molecule has 0 bridgehead atoms. The number of rotatable bonds is 7. The van der Waals surface area contributed by atoms with Crippen LogP contribution in [0.4, 0.5) is 4.39 Å². The minimum atomic E-state index is -0.184. The van der Waals surface area contributed by atoms with E-state index in [0.29, 0.717) is 24.6 Å². The molecule has 1 fully saturated rings. The average molecular weight is 365 g/mol. The topological polar surface area (TPSA) is 48.9 Å². The molecule has 26 heavy (non-hydrogen) atoms. The highest BCUT2D eigenvalue weighted by Gasteiger charge is 2.21. The van der Waals surface area contributed by atoms with Gasteiger partial charge in [-0.3, -0.25) is 4.90 Å². The highest BCUT2D eigenvalue weighted by molar-refractivity contribution is 5.79. The van der Waals surface area contributed by atoms with Gasteiger partial charge in [0.25, 0.3) is 0 Å². The van der Waals surface area contributed by atoms with Gasteiger partial charge in [0.1, 0.15) is 5.82 Å². The SMILES string of the molecule is CCNC(=NCc1ccc(C)c(F)c1)NCC1CN(CC(C)C)CCO1. The third kappa shape index (κ3) is 6.92. The lowest BCUT2D eigenvalue weighted by molar-refractivity contribution is -0.0284. The summed E-state index contributed by atoms with van der Waals surface area (Å²) in [6.45, 7) is 14.0. The summed E-state index contributed by atoms with van der Waals surface area (Å²) in [5.74, 6) is 1.21. The fraction of sp³-hybridized carbons (Fsp3) is 0.650. The molecule has 2 rings (SSSR count). The third-order valence-electron chi connectivity index (χ3n) is 4.34. The number of morpholine rings is 1. The molecule has 0 radical (unpaired) electrons. The summed E-state index contributed by atoms with van der Waals surface area (Å²) in [5.41, 5.74) is 1.52. The van der Waals surface area contributed by atoms with Crippen molar-refractivity contribution in [2.24, 2.45) is 10.9 Å². The first kappa shape index (κ1) is 20.6. The quantitative estimate of drug-likeness (QED) is 0.577. The van der Waals surface area contributed by atoms with Gasteiger partial charge in [0.05, 0.1) is 19.3 Å². The van der Waals surface area contributed by atoms with Gasteiger partial charge in [-0.1, -0.05) is 26.0 Å². The summed E-state index contributed by atoms with van der Waals surface area (Å²) in [5, 5.41) is 6.59. The number of ether oxygens (including phenoxy) is 1. The van der Waals surface area contributed by atoms with Crippen LogP contribution in [0.3, 0.4) is 0 Å². The molecular weight excluding hydrogens is 331 g/mol. The number of hydrogen-bond donors (Lipinski definition) is 2. The van der Waals surface area contributed by atoms with Gasteiger partial charge in [0.2, 0.25) is 0 Å². The van der Waals surface area contributed by atoms with Crippen LogP contribution in [-0.2, 0) is 11.3 Å². The Morgan fingerprint density at radius 1 is 1.38 bits per heavy atom. The number of benzene rings is 1. The summed E-state index contributed by atoms with van der Waals surface area (Å²) in [7, 11) is 0. The van der Waals surface area contributed by atoms with Gasteiger partial charge in [0, 0.05) is 32.7 Å². The van der Waals surface area contributed by atoms with Gasteiger partial charge < -0.3 is 15.4 Å².